The molecule has 1 unspecified atom stereocenters. The molecule has 114 valence electrons. The average molecular weight is 297 g/mol. The maximum Gasteiger partial charge on any atom is 0.268 e. The number of ether oxygens (including phenoxy) is 1. The summed E-state index contributed by atoms with van der Waals surface area (Å²) in [5.74, 6) is 0.640. The third kappa shape index (κ3) is 2.64. The van der Waals surface area contributed by atoms with Crippen molar-refractivity contribution in [1.82, 2.24) is 0 Å². The highest BCUT2D eigenvalue weighted by Crippen LogP contribution is 2.38. The maximum absolute atomic E-state index is 12.8. The molecule has 0 spiro atoms. The summed E-state index contributed by atoms with van der Waals surface area (Å²) in [6.45, 7) is 3.94. The Balaban J connectivity index is 1.95. The lowest BCUT2D eigenvalue weighted by Gasteiger charge is -2.37. The summed E-state index contributed by atoms with van der Waals surface area (Å²) in [4.78, 5) is 14.5. The standard InChI is InChI=1S/C18H19NO3/c1-12(2)19-15-9-8-14(20)11-16(15)22-17(18(19)21)10-13-6-4-3-5-7-13/h3-9,11-12,17,20H,10H2,1-2H3. The van der Waals surface area contributed by atoms with Gasteiger partial charge in [0.15, 0.2) is 6.10 Å². The van der Waals surface area contributed by atoms with Crippen molar-refractivity contribution in [1.29, 1.82) is 0 Å². The zero-order valence-corrected chi connectivity index (χ0v) is 12.7. The minimum Gasteiger partial charge on any atom is -0.508 e. The predicted molar refractivity (Wildman–Crippen MR) is 85.3 cm³/mol. The van der Waals surface area contributed by atoms with Crippen molar-refractivity contribution in [3.05, 3.63) is 54.1 Å². The van der Waals surface area contributed by atoms with Gasteiger partial charge in [0.05, 0.1) is 5.69 Å². The van der Waals surface area contributed by atoms with Crippen LogP contribution in [-0.2, 0) is 11.2 Å². The van der Waals surface area contributed by atoms with Gasteiger partial charge >= 0.3 is 0 Å². The zero-order chi connectivity index (χ0) is 15.7. The summed E-state index contributed by atoms with van der Waals surface area (Å²) >= 11 is 0. The van der Waals surface area contributed by atoms with Crippen LogP contribution in [0.25, 0.3) is 0 Å². The minimum atomic E-state index is -0.570. The number of hydrogen-bond acceptors (Lipinski definition) is 3. The van der Waals surface area contributed by atoms with E-state index in [-0.39, 0.29) is 17.7 Å². The molecule has 1 atom stereocenters. The lowest BCUT2D eigenvalue weighted by atomic mass is 10.0. The Labute approximate surface area is 130 Å². The van der Waals surface area contributed by atoms with Gasteiger partial charge in [-0.05, 0) is 31.5 Å². The Morgan fingerprint density at radius 2 is 1.91 bits per heavy atom. The monoisotopic (exact) mass is 297 g/mol. The molecular weight excluding hydrogens is 278 g/mol. The summed E-state index contributed by atoms with van der Waals surface area (Å²) in [5.41, 5.74) is 1.76. The summed E-state index contributed by atoms with van der Waals surface area (Å²) in [7, 11) is 0. The number of anilines is 1. The molecule has 4 nitrogen and oxygen atoms in total. The van der Waals surface area contributed by atoms with Crippen molar-refractivity contribution >= 4 is 11.6 Å². The quantitative estimate of drug-likeness (QED) is 0.947. The molecule has 1 amide bonds. The van der Waals surface area contributed by atoms with Crippen LogP contribution in [-0.4, -0.2) is 23.2 Å². The molecule has 0 saturated carbocycles. The fraction of sp³-hybridized carbons (Fsp3) is 0.278. The van der Waals surface area contributed by atoms with E-state index in [1.165, 1.54) is 0 Å². The van der Waals surface area contributed by atoms with Crippen LogP contribution in [0.1, 0.15) is 19.4 Å². The van der Waals surface area contributed by atoms with E-state index in [9.17, 15) is 9.90 Å². The molecule has 0 aliphatic carbocycles. The lowest BCUT2D eigenvalue weighted by Crippen LogP contribution is -2.49. The van der Waals surface area contributed by atoms with Crippen LogP contribution in [0.5, 0.6) is 11.5 Å². The molecule has 3 rings (SSSR count). The molecule has 0 radical (unpaired) electrons. The second-order valence-corrected chi connectivity index (χ2v) is 5.75. The molecule has 0 saturated heterocycles. The van der Waals surface area contributed by atoms with Crippen LogP contribution >= 0.6 is 0 Å². The number of fused-ring (bicyclic) bond motifs is 1. The largest absolute Gasteiger partial charge is 0.508 e. The van der Waals surface area contributed by atoms with Crippen LogP contribution in [0.15, 0.2) is 48.5 Å². The van der Waals surface area contributed by atoms with E-state index in [0.717, 1.165) is 5.56 Å². The van der Waals surface area contributed by atoms with Crippen LogP contribution in [0.4, 0.5) is 5.69 Å². The zero-order valence-electron chi connectivity index (χ0n) is 12.7. The Hall–Kier alpha value is -2.49. The van der Waals surface area contributed by atoms with Crippen molar-refractivity contribution in [2.75, 3.05) is 4.90 Å². The minimum absolute atomic E-state index is 0.0259. The summed E-state index contributed by atoms with van der Waals surface area (Å²) in [6, 6.07) is 14.7. The number of hydrogen-bond donors (Lipinski definition) is 1. The Morgan fingerprint density at radius 3 is 2.59 bits per heavy atom. The van der Waals surface area contributed by atoms with E-state index in [2.05, 4.69) is 0 Å². The Morgan fingerprint density at radius 1 is 1.18 bits per heavy atom. The van der Waals surface area contributed by atoms with Gasteiger partial charge in [0, 0.05) is 18.5 Å². The highest BCUT2D eigenvalue weighted by Gasteiger charge is 2.35. The third-order valence-corrected chi connectivity index (χ3v) is 3.77. The Kier molecular flexibility index (Phi) is 3.75. The lowest BCUT2D eigenvalue weighted by molar-refractivity contribution is -0.126. The first-order valence-corrected chi connectivity index (χ1v) is 7.43. The first-order chi connectivity index (χ1) is 10.6. The van der Waals surface area contributed by atoms with Crippen LogP contribution in [0.2, 0.25) is 0 Å². The number of benzene rings is 2. The first kappa shape index (κ1) is 14.4. The molecule has 2 aromatic rings. The van der Waals surface area contributed by atoms with Gasteiger partial charge in [0.25, 0.3) is 5.91 Å². The number of amides is 1. The first-order valence-electron chi connectivity index (χ1n) is 7.43. The number of phenolic OH excluding ortho intramolecular Hbond substituents is 1. The number of carbonyl (C=O) groups is 1. The molecule has 1 aliphatic rings. The molecule has 4 heteroatoms. The summed E-state index contributed by atoms with van der Waals surface area (Å²) < 4.78 is 5.86. The molecule has 1 heterocycles. The van der Waals surface area contributed by atoms with Crippen LogP contribution in [0.3, 0.4) is 0 Å². The Bertz CT molecular complexity index is 682. The van der Waals surface area contributed by atoms with Crippen molar-refractivity contribution < 1.29 is 14.6 Å². The van der Waals surface area contributed by atoms with E-state index in [4.69, 9.17) is 4.74 Å². The molecule has 0 aromatic heterocycles. The summed E-state index contributed by atoms with van der Waals surface area (Å²) in [5, 5.41) is 9.67. The van der Waals surface area contributed by atoms with Gasteiger partial charge in [0.1, 0.15) is 11.5 Å². The van der Waals surface area contributed by atoms with Crippen molar-refractivity contribution in [3.63, 3.8) is 0 Å². The van der Waals surface area contributed by atoms with Gasteiger partial charge in [-0.25, -0.2) is 0 Å². The van der Waals surface area contributed by atoms with Crippen molar-refractivity contribution in [2.45, 2.75) is 32.4 Å². The molecule has 1 N–H and O–H groups in total. The van der Waals surface area contributed by atoms with Crippen LogP contribution in [0, 0.1) is 0 Å². The second-order valence-electron chi connectivity index (χ2n) is 5.75. The van der Waals surface area contributed by atoms with Gasteiger partial charge in [0.2, 0.25) is 0 Å². The SMILES string of the molecule is CC(C)N1C(=O)C(Cc2ccccc2)Oc2cc(O)ccc21. The summed E-state index contributed by atoms with van der Waals surface area (Å²) in [6.07, 6.45) is -0.0584. The maximum atomic E-state index is 12.8. The van der Waals surface area contributed by atoms with E-state index in [1.807, 2.05) is 44.2 Å². The van der Waals surface area contributed by atoms with E-state index in [1.54, 1.807) is 23.1 Å². The number of nitrogens with zero attached hydrogens (tertiary/aromatic N) is 1. The second kappa shape index (κ2) is 5.72. The smallest absolute Gasteiger partial charge is 0.268 e. The van der Waals surface area contributed by atoms with Gasteiger partial charge in [-0.3, -0.25) is 4.79 Å². The topological polar surface area (TPSA) is 49.8 Å². The fourth-order valence-corrected chi connectivity index (χ4v) is 2.76. The van der Waals surface area contributed by atoms with Crippen LogP contribution < -0.4 is 9.64 Å². The van der Waals surface area contributed by atoms with Gasteiger partial charge in [-0.2, -0.15) is 0 Å². The molecule has 22 heavy (non-hydrogen) atoms. The molecule has 1 aliphatic heterocycles. The van der Waals surface area contributed by atoms with E-state index in [0.29, 0.717) is 17.9 Å². The average Bonchev–Trinajstić information content (AvgIpc) is 2.49. The highest BCUT2D eigenvalue weighted by atomic mass is 16.5. The van der Waals surface area contributed by atoms with Gasteiger partial charge in [-0.15, -0.1) is 0 Å². The number of phenols is 1. The van der Waals surface area contributed by atoms with Gasteiger partial charge in [-0.1, -0.05) is 30.3 Å². The number of carbonyl (C=O) groups excluding carboxylic acids is 1. The molecular formula is C18H19NO3. The van der Waals surface area contributed by atoms with Crippen molar-refractivity contribution in [3.8, 4) is 11.5 Å². The highest BCUT2D eigenvalue weighted by molar-refractivity contribution is 6.00. The molecule has 2 aromatic carbocycles. The predicted octanol–water partition coefficient (Wildman–Crippen LogP) is 3.14. The third-order valence-electron chi connectivity index (χ3n) is 3.77. The molecule has 0 bridgehead atoms. The number of aromatic hydroxyl groups is 1. The molecule has 0 fully saturated rings. The number of rotatable bonds is 3. The van der Waals surface area contributed by atoms with Gasteiger partial charge < -0.3 is 14.7 Å². The van der Waals surface area contributed by atoms with E-state index >= 15 is 0 Å². The van der Waals surface area contributed by atoms with E-state index < -0.39 is 6.10 Å². The normalized spacial score (nSPS) is 17.3. The van der Waals surface area contributed by atoms with Crippen molar-refractivity contribution in [2.24, 2.45) is 0 Å². The fourth-order valence-electron chi connectivity index (χ4n) is 2.76.